The van der Waals surface area contributed by atoms with Crippen molar-refractivity contribution in [2.45, 2.75) is 50.3 Å². The Labute approximate surface area is 247 Å². The Morgan fingerprint density at radius 2 is 1.60 bits per heavy atom. The Morgan fingerprint density at radius 3 is 2.24 bits per heavy atom. The van der Waals surface area contributed by atoms with E-state index in [2.05, 4.69) is 44.5 Å². The monoisotopic (exact) mass is 570 g/mol. The third kappa shape index (κ3) is 6.51. The van der Waals surface area contributed by atoms with Crippen LogP contribution in [-0.4, -0.2) is 95.3 Å². The lowest BCUT2D eigenvalue weighted by Crippen LogP contribution is -2.52. The molecule has 2 saturated heterocycles. The van der Waals surface area contributed by atoms with Crippen LogP contribution in [0.2, 0.25) is 0 Å². The van der Waals surface area contributed by atoms with Crippen LogP contribution in [0.5, 0.6) is 0 Å². The second-order valence-electron chi connectivity index (χ2n) is 11.9. The smallest absolute Gasteiger partial charge is 0.271 e. The number of nitrogens with zero attached hydrogens (tertiary/aromatic N) is 5. The number of aromatic nitrogens is 2. The summed E-state index contributed by atoms with van der Waals surface area (Å²) >= 11 is 0. The molecule has 3 aliphatic rings. The van der Waals surface area contributed by atoms with Gasteiger partial charge >= 0.3 is 0 Å². The van der Waals surface area contributed by atoms with Gasteiger partial charge in [0.15, 0.2) is 17.3 Å². The molecular weight excluding hydrogens is 528 g/mol. The number of aliphatic hydroxyl groups is 1. The molecule has 2 aromatic carbocycles. The van der Waals surface area contributed by atoms with Gasteiger partial charge in [-0.1, -0.05) is 30.3 Å². The van der Waals surface area contributed by atoms with Crippen molar-refractivity contribution in [2.75, 3.05) is 61.8 Å². The number of nitrogens with one attached hydrogen (secondary N) is 2. The highest BCUT2D eigenvalue weighted by molar-refractivity contribution is 5.97. The first-order chi connectivity index (χ1) is 20.4. The van der Waals surface area contributed by atoms with E-state index in [1.807, 2.05) is 42.5 Å². The Morgan fingerprint density at radius 1 is 0.881 bits per heavy atom. The number of rotatable bonds is 8. The number of amides is 1. The van der Waals surface area contributed by atoms with Gasteiger partial charge in [0.2, 0.25) is 0 Å². The summed E-state index contributed by atoms with van der Waals surface area (Å²) in [6.45, 7) is 6.76. The largest absolute Gasteiger partial charge is 0.393 e. The van der Waals surface area contributed by atoms with Gasteiger partial charge < -0.3 is 31.3 Å². The summed E-state index contributed by atoms with van der Waals surface area (Å²) < 4.78 is 0. The average molecular weight is 571 g/mol. The lowest BCUT2D eigenvalue weighted by atomic mass is 10.0. The van der Waals surface area contributed by atoms with Crippen LogP contribution in [0.1, 0.15) is 42.6 Å². The molecule has 1 saturated carbocycles. The number of hydrogen-bond acceptors (Lipinski definition) is 9. The lowest BCUT2D eigenvalue weighted by molar-refractivity contribution is 0.0982. The summed E-state index contributed by atoms with van der Waals surface area (Å²) in [7, 11) is 2.21. The molecule has 1 aromatic heterocycles. The Bertz CT molecular complexity index is 1350. The van der Waals surface area contributed by atoms with Gasteiger partial charge in [0.25, 0.3) is 5.91 Å². The van der Waals surface area contributed by atoms with Gasteiger partial charge in [-0.25, -0.2) is 9.97 Å². The molecule has 10 heteroatoms. The Hall–Kier alpha value is -3.73. The number of anilines is 4. The lowest BCUT2D eigenvalue weighted by Gasteiger charge is -2.42. The van der Waals surface area contributed by atoms with Crippen LogP contribution in [-0.2, 0) is 0 Å². The standard InChI is InChI=1S/C32H42N8O2/c1-38-17-19-40(20-18-38)26-13-15-39(16-14-26)25-10-7-23(8-11-25)34-32-29(30(33)42)36-28(22-5-3-2-4-6-22)31(37-32)35-24-9-12-27(41)21-24/h2-8,10-11,24,26-27,41H,9,12-21H2,1H3,(H2,33,42)(H2,34,35,37). The molecule has 3 heterocycles. The summed E-state index contributed by atoms with van der Waals surface area (Å²) in [4.78, 5) is 29.6. The molecule has 3 aromatic rings. The fourth-order valence-corrected chi connectivity index (χ4v) is 6.44. The summed E-state index contributed by atoms with van der Waals surface area (Å²) in [5.74, 6) is 0.224. The third-order valence-corrected chi connectivity index (χ3v) is 8.94. The predicted molar refractivity (Wildman–Crippen MR) is 167 cm³/mol. The van der Waals surface area contributed by atoms with Crippen LogP contribution < -0.4 is 21.3 Å². The molecule has 1 aliphatic carbocycles. The number of carbonyl (C=O) groups excluding carboxylic acids is 1. The molecule has 1 amide bonds. The minimum atomic E-state index is -0.648. The minimum Gasteiger partial charge on any atom is -0.393 e. The number of nitrogens with two attached hydrogens (primary N) is 1. The number of primary amides is 1. The van der Waals surface area contributed by atoms with E-state index in [0.717, 1.165) is 50.3 Å². The number of piperazine rings is 1. The number of benzene rings is 2. The van der Waals surface area contributed by atoms with Gasteiger partial charge in [0.05, 0.1) is 6.10 Å². The van der Waals surface area contributed by atoms with Gasteiger partial charge in [-0.2, -0.15) is 0 Å². The SMILES string of the molecule is CN1CCN(C2CCN(c3ccc(Nc4nc(NC5CCC(O)C5)c(-c5ccccc5)nc4C(N)=O)cc3)CC2)CC1. The highest BCUT2D eigenvalue weighted by Gasteiger charge is 2.28. The number of likely N-dealkylation sites (N-methyl/N-ethyl adjacent to an activating group) is 1. The zero-order valence-corrected chi connectivity index (χ0v) is 24.4. The van der Waals surface area contributed by atoms with Crippen molar-refractivity contribution >= 4 is 28.9 Å². The normalized spacial score (nSPS) is 22.3. The van der Waals surface area contributed by atoms with E-state index in [1.54, 1.807) is 0 Å². The van der Waals surface area contributed by atoms with Crippen molar-refractivity contribution in [3.8, 4) is 11.3 Å². The predicted octanol–water partition coefficient (Wildman–Crippen LogP) is 3.53. The van der Waals surface area contributed by atoms with E-state index >= 15 is 0 Å². The molecule has 5 N–H and O–H groups in total. The van der Waals surface area contributed by atoms with Gasteiger partial charge in [0, 0.05) is 68.3 Å². The van der Waals surface area contributed by atoms with Crippen LogP contribution in [0.15, 0.2) is 54.6 Å². The zero-order chi connectivity index (χ0) is 29.1. The maximum Gasteiger partial charge on any atom is 0.271 e. The fraction of sp³-hybridized carbons (Fsp3) is 0.469. The molecule has 10 nitrogen and oxygen atoms in total. The molecule has 222 valence electrons. The maximum absolute atomic E-state index is 12.5. The molecular formula is C32H42N8O2. The average Bonchev–Trinajstić information content (AvgIpc) is 3.42. The van der Waals surface area contributed by atoms with E-state index < -0.39 is 5.91 Å². The fourth-order valence-electron chi connectivity index (χ4n) is 6.44. The second kappa shape index (κ2) is 12.6. The topological polar surface area (TPSA) is 123 Å². The van der Waals surface area contributed by atoms with Crippen LogP contribution in [0, 0.1) is 0 Å². The number of aliphatic hydroxyl groups excluding tert-OH is 1. The zero-order valence-electron chi connectivity index (χ0n) is 24.4. The van der Waals surface area contributed by atoms with Crippen LogP contribution in [0.3, 0.4) is 0 Å². The first-order valence-corrected chi connectivity index (χ1v) is 15.2. The Kier molecular flexibility index (Phi) is 8.55. The van der Waals surface area contributed by atoms with E-state index in [-0.39, 0.29) is 17.8 Å². The van der Waals surface area contributed by atoms with Gasteiger partial charge in [-0.15, -0.1) is 0 Å². The third-order valence-electron chi connectivity index (χ3n) is 8.94. The van der Waals surface area contributed by atoms with Crippen LogP contribution in [0.25, 0.3) is 11.3 Å². The molecule has 0 bridgehead atoms. The van der Waals surface area contributed by atoms with Crippen molar-refractivity contribution in [2.24, 2.45) is 5.73 Å². The first kappa shape index (κ1) is 28.4. The molecule has 2 unspecified atom stereocenters. The Balaban J connectivity index is 1.18. The summed E-state index contributed by atoms with van der Waals surface area (Å²) in [5, 5.41) is 16.8. The summed E-state index contributed by atoms with van der Waals surface area (Å²) in [6.07, 6.45) is 4.27. The number of hydrogen-bond donors (Lipinski definition) is 4. The van der Waals surface area contributed by atoms with Crippen molar-refractivity contribution in [1.29, 1.82) is 0 Å². The van der Waals surface area contributed by atoms with Crippen molar-refractivity contribution in [3.05, 3.63) is 60.3 Å². The molecule has 42 heavy (non-hydrogen) atoms. The van der Waals surface area contributed by atoms with E-state index in [9.17, 15) is 9.90 Å². The minimum absolute atomic E-state index is 0.0729. The van der Waals surface area contributed by atoms with Crippen molar-refractivity contribution < 1.29 is 9.90 Å². The number of carbonyl (C=O) groups is 1. The van der Waals surface area contributed by atoms with Gasteiger partial charge in [-0.05, 0) is 63.4 Å². The van der Waals surface area contributed by atoms with Crippen LogP contribution >= 0.6 is 0 Å². The maximum atomic E-state index is 12.5. The quantitative estimate of drug-likeness (QED) is 0.322. The van der Waals surface area contributed by atoms with Crippen LogP contribution in [0.4, 0.5) is 23.0 Å². The van der Waals surface area contributed by atoms with E-state index in [4.69, 9.17) is 15.7 Å². The molecule has 3 fully saturated rings. The highest BCUT2D eigenvalue weighted by Crippen LogP contribution is 2.32. The molecule has 0 spiro atoms. The van der Waals surface area contributed by atoms with Gasteiger partial charge in [-0.3, -0.25) is 9.69 Å². The molecule has 2 atom stereocenters. The molecule has 6 rings (SSSR count). The second-order valence-corrected chi connectivity index (χ2v) is 11.9. The summed E-state index contributed by atoms with van der Waals surface area (Å²) in [6, 6.07) is 18.7. The van der Waals surface area contributed by atoms with E-state index in [0.29, 0.717) is 29.8 Å². The van der Waals surface area contributed by atoms with Crippen molar-refractivity contribution in [3.63, 3.8) is 0 Å². The highest BCUT2D eigenvalue weighted by atomic mass is 16.3. The molecule has 0 radical (unpaired) electrons. The molecule has 2 aliphatic heterocycles. The van der Waals surface area contributed by atoms with Crippen molar-refractivity contribution in [1.82, 2.24) is 19.8 Å². The first-order valence-electron chi connectivity index (χ1n) is 15.2. The van der Waals surface area contributed by atoms with E-state index in [1.165, 1.54) is 31.6 Å². The summed E-state index contributed by atoms with van der Waals surface area (Å²) in [5.41, 5.74) is 9.27. The van der Waals surface area contributed by atoms with Gasteiger partial charge in [0.1, 0.15) is 5.69 Å². The number of piperidine rings is 1.